The van der Waals surface area contributed by atoms with Crippen LogP contribution in [0.4, 0.5) is 11.5 Å². The number of benzene rings is 1. The number of fused-ring (bicyclic) bond motifs is 1. The molecule has 0 aliphatic heterocycles. The molecule has 0 aliphatic rings. The van der Waals surface area contributed by atoms with Gasteiger partial charge in [-0.25, -0.2) is 9.78 Å². The first-order chi connectivity index (χ1) is 12.0. The molecule has 7 heteroatoms. The Balaban J connectivity index is 2.09. The lowest BCUT2D eigenvalue weighted by molar-refractivity contribution is 0.0692. The summed E-state index contributed by atoms with van der Waals surface area (Å²) in [5, 5.41) is 17.8. The third-order valence-corrected chi connectivity index (χ3v) is 3.50. The van der Waals surface area contributed by atoms with Gasteiger partial charge in [0.1, 0.15) is 17.1 Å². The molecule has 128 valence electrons. The number of aromatic nitrogens is 2. The minimum atomic E-state index is -1.15. The van der Waals surface area contributed by atoms with Crippen molar-refractivity contribution < 1.29 is 14.6 Å². The van der Waals surface area contributed by atoms with Crippen molar-refractivity contribution >= 4 is 23.1 Å². The molecular formula is C18H18N4O3. The zero-order chi connectivity index (χ0) is 18.0. The second-order valence-electron chi connectivity index (χ2n) is 5.81. The van der Waals surface area contributed by atoms with Crippen LogP contribution in [-0.2, 0) is 0 Å². The van der Waals surface area contributed by atoms with E-state index in [1.54, 1.807) is 22.7 Å². The fourth-order valence-corrected chi connectivity index (χ4v) is 2.43. The molecule has 3 rings (SSSR count). The Bertz CT molecular complexity index is 960. The number of para-hydroxylation sites is 1. The molecule has 0 atom stereocenters. The molecule has 0 fully saturated rings. The van der Waals surface area contributed by atoms with Gasteiger partial charge >= 0.3 is 5.97 Å². The van der Waals surface area contributed by atoms with Crippen molar-refractivity contribution in [2.45, 2.75) is 26.9 Å². The van der Waals surface area contributed by atoms with E-state index in [-0.39, 0.29) is 17.6 Å². The number of ether oxygens (including phenoxy) is 1. The number of aromatic carboxylic acids is 1. The predicted octanol–water partition coefficient (Wildman–Crippen LogP) is 4.54. The first kappa shape index (κ1) is 16.6. The summed E-state index contributed by atoms with van der Waals surface area (Å²) in [4.78, 5) is 15.7. The van der Waals surface area contributed by atoms with Crippen molar-refractivity contribution in [2.24, 2.45) is 10.2 Å². The van der Waals surface area contributed by atoms with Crippen LogP contribution in [0.2, 0.25) is 0 Å². The van der Waals surface area contributed by atoms with Gasteiger partial charge in [-0.05, 0) is 44.5 Å². The van der Waals surface area contributed by atoms with Crippen molar-refractivity contribution in [1.82, 2.24) is 9.38 Å². The number of nitrogens with zero attached hydrogens (tertiary/aromatic N) is 4. The molecule has 1 N–H and O–H groups in total. The van der Waals surface area contributed by atoms with Gasteiger partial charge in [0.05, 0.1) is 6.10 Å². The predicted molar refractivity (Wildman–Crippen MR) is 93.3 cm³/mol. The summed E-state index contributed by atoms with van der Waals surface area (Å²) in [6, 6.07) is 10.9. The van der Waals surface area contributed by atoms with Crippen LogP contribution < -0.4 is 4.74 Å². The maximum Gasteiger partial charge on any atom is 0.358 e. The zero-order valence-electron chi connectivity index (χ0n) is 14.2. The highest BCUT2D eigenvalue weighted by Gasteiger charge is 2.19. The molecule has 0 saturated heterocycles. The van der Waals surface area contributed by atoms with Gasteiger partial charge in [0, 0.05) is 6.20 Å². The number of aryl methyl sites for hydroxylation is 1. The van der Waals surface area contributed by atoms with Crippen molar-refractivity contribution in [3.05, 3.63) is 53.9 Å². The molecule has 25 heavy (non-hydrogen) atoms. The van der Waals surface area contributed by atoms with Crippen LogP contribution in [0.1, 0.15) is 29.9 Å². The summed E-state index contributed by atoms with van der Waals surface area (Å²) >= 11 is 0. The molecule has 3 aromatic rings. The van der Waals surface area contributed by atoms with Crippen LogP contribution in [0, 0.1) is 6.92 Å². The summed E-state index contributed by atoms with van der Waals surface area (Å²) in [6.45, 7) is 5.70. The summed E-state index contributed by atoms with van der Waals surface area (Å²) in [5.74, 6) is -0.391. The van der Waals surface area contributed by atoms with Gasteiger partial charge < -0.3 is 9.84 Å². The van der Waals surface area contributed by atoms with E-state index in [1.165, 1.54) is 0 Å². The fraction of sp³-hybridized carbons (Fsp3) is 0.222. The van der Waals surface area contributed by atoms with Crippen molar-refractivity contribution in [2.75, 3.05) is 0 Å². The molecule has 2 aromatic heterocycles. The second-order valence-corrected chi connectivity index (χ2v) is 5.81. The van der Waals surface area contributed by atoms with Crippen LogP contribution in [0.25, 0.3) is 5.65 Å². The summed E-state index contributed by atoms with van der Waals surface area (Å²) in [5.41, 5.74) is 1.78. The van der Waals surface area contributed by atoms with Gasteiger partial charge in [-0.3, -0.25) is 4.40 Å². The molecular weight excluding hydrogens is 320 g/mol. The van der Waals surface area contributed by atoms with E-state index in [1.807, 2.05) is 45.0 Å². The van der Waals surface area contributed by atoms with Gasteiger partial charge in [0.15, 0.2) is 11.5 Å². The Morgan fingerprint density at radius 1 is 1.20 bits per heavy atom. The second kappa shape index (κ2) is 6.72. The number of carbonyl (C=O) groups is 1. The molecule has 0 amide bonds. The van der Waals surface area contributed by atoms with Gasteiger partial charge in [0.2, 0.25) is 0 Å². The summed E-state index contributed by atoms with van der Waals surface area (Å²) in [6.07, 6.45) is 1.71. The van der Waals surface area contributed by atoms with E-state index in [4.69, 9.17) is 4.74 Å². The lowest BCUT2D eigenvalue weighted by Gasteiger charge is -2.10. The Morgan fingerprint density at radius 3 is 2.68 bits per heavy atom. The van der Waals surface area contributed by atoms with E-state index in [0.717, 1.165) is 5.56 Å². The fourth-order valence-electron chi connectivity index (χ4n) is 2.43. The van der Waals surface area contributed by atoms with E-state index >= 15 is 0 Å². The van der Waals surface area contributed by atoms with Crippen LogP contribution in [0.3, 0.4) is 0 Å². The largest absolute Gasteiger partial charge is 0.489 e. The monoisotopic (exact) mass is 338 g/mol. The molecule has 0 radical (unpaired) electrons. The lowest BCUT2D eigenvalue weighted by atomic mass is 10.3. The molecule has 0 unspecified atom stereocenters. The Labute approximate surface area is 144 Å². The van der Waals surface area contributed by atoms with Crippen molar-refractivity contribution in [3.63, 3.8) is 0 Å². The standard InChI is InChI=1S/C18H18N4O3/c1-11(2)25-14-9-5-4-8-13(14)20-21-17-15(18(23)24)19-16-12(3)7-6-10-22(16)17/h4-11H,1-3H3,(H,23,24). The summed E-state index contributed by atoms with van der Waals surface area (Å²) in [7, 11) is 0. The van der Waals surface area contributed by atoms with Gasteiger partial charge in [-0.1, -0.05) is 18.2 Å². The van der Waals surface area contributed by atoms with Gasteiger partial charge in [-0.2, -0.15) is 0 Å². The van der Waals surface area contributed by atoms with Gasteiger partial charge in [-0.15, -0.1) is 10.2 Å². The molecule has 7 nitrogen and oxygen atoms in total. The number of carboxylic acid groups (broad SMARTS) is 1. The molecule has 0 saturated carbocycles. The first-order valence-corrected chi connectivity index (χ1v) is 7.85. The Kier molecular flexibility index (Phi) is 4.47. The SMILES string of the molecule is Cc1cccn2c(N=Nc3ccccc3OC(C)C)c(C(=O)O)nc12. The quantitative estimate of drug-likeness (QED) is 0.691. The Hall–Kier alpha value is -3.22. The number of azo groups is 1. The normalized spacial score (nSPS) is 11.5. The molecule has 0 spiro atoms. The number of hydrogen-bond donors (Lipinski definition) is 1. The molecule has 1 aromatic carbocycles. The van der Waals surface area contributed by atoms with Gasteiger partial charge in [0.25, 0.3) is 0 Å². The maximum atomic E-state index is 11.5. The highest BCUT2D eigenvalue weighted by atomic mass is 16.5. The van der Waals surface area contributed by atoms with E-state index in [2.05, 4.69) is 15.2 Å². The first-order valence-electron chi connectivity index (χ1n) is 7.85. The summed E-state index contributed by atoms with van der Waals surface area (Å²) < 4.78 is 7.33. The number of carboxylic acids is 1. The zero-order valence-corrected chi connectivity index (χ0v) is 14.2. The Morgan fingerprint density at radius 2 is 1.96 bits per heavy atom. The van der Waals surface area contributed by atoms with Crippen LogP contribution in [0.5, 0.6) is 5.75 Å². The number of rotatable bonds is 5. The van der Waals surface area contributed by atoms with E-state index in [0.29, 0.717) is 17.1 Å². The molecule has 2 heterocycles. The van der Waals surface area contributed by atoms with Crippen molar-refractivity contribution in [3.8, 4) is 5.75 Å². The topological polar surface area (TPSA) is 88.5 Å². The van der Waals surface area contributed by atoms with Crippen LogP contribution >= 0.6 is 0 Å². The lowest BCUT2D eigenvalue weighted by Crippen LogP contribution is -2.05. The van der Waals surface area contributed by atoms with Crippen molar-refractivity contribution in [1.29, 1.82) is 0 Å². The molecule has 0 aliphatic carbocycles. The minimum Gasteiger partial charge on any atom is -0.489 e. The highest BCUT2D eigenvalue weighted by molar-refractivity contribution is 5.92. The third-order valence-electron chi connectivity index (χ3n) is 3.50. The van der Waals surface area contributed by atoms with Crippen LogP contribution in [0.15, 0.2) is 52.8 Å². The number of pyridine rings is 1. The highest BCUT2D eigenvalue weighted by Crippen LogP contribution is 2.31. The average Bonchev–Trinajstić information content (AvgIpc) is 2.94. The van der Waals surface area contributed by atoms with E-state index < -0.39 is 5.97 Å². The average molecular weight is 338 g/mol. The molecule has 0 bridgehead atoms. The maximum absolute atomic E-state index is 11.5. The number of hydrogen-bond acceptors (Lipinski definition) is 5. The van der Waals surface area contributed by atoms with Crippen LogP contribution in [-0.4, -0.2) is 26.6 Å². The third kappa shape index (κ3) is 3.35. The smallest absolute Gasteiger partial charge is 0.358 e. The minimum absolute atomic E-state index is 0.00984. The van der Waals surface area contributed by atoms with E-state index in [9.17, 15) is 9.90 Å². The number of imidazole rings is 1.